The maximum absolute atomic E-state index is 11.8. The maximum Gasteiger partial charge on any atom is 0.419 e. The Morgan fingerprint density at radius 3 is 2.70 bits per heavy atom. The van der Waals surface area contributed by atoms with Crippen molar-refractivity contribution in [2.45, 2.75) is 20.8 Å². The van der Waals surface area contributed by atoms with Gasteiger partial charge < -0.3 is 15.1 Å². The highest BCUT2D eigenvalue weighted by Crippen LogP contribution is 2.17. The smallest absolute Gasteiger partial charge is 0.408 e. The third-order valence-electron chi connectivity index (χ3n) is 2.83. The zero-order chi connectivity index (χ0) is 14.9. The number of aromatic nitrogens is 1. The lowest BCUT2D eigenvalue weighted by atomic mass is 9.97. The fraction of sp³-hybridized carbons (Fsp3) is 0.429. The van der Waals surface area contributed by atoms with E-state index in [1.807, 2.05) is 20.8 Å². The van der Waals surface area contributed by atoms with Crippen LogP contribution in [0, 0.1) is 5.41 Å². The highest BCUT2D eigenvalue weighted by atomic mass is 16.4. The van der Waals surface area contributed by atoms with Gasteiger partial charge in [-0.25, -0.2) is 9.59 Å². The minimum absolute atomic E-state index is 0.0236. The van der Waals surface area contributed by atoms with E-state index in [1.54, 1.807) is 25.2 Å². The van der Waals surface area contributed by atoms with Crippen molar-refractivity contribution in [3.05, 3.63) is 28.7 Å². The van der Waals surface area contributed by atoms with Crippen LogP contribution in [0.25, 0.3) is 11.1 Å². The zero-order valence-electron chi connectivity index (χ0n) is 12.1. The molecule has 1 aromatic heterocycles. The van der Waals surface area contributed by atoms with Gasteiger partial charge in [0.2, 0.25) is 0 Å². The first-order valence-corrected chi connectivity index (χ1v) is 6.41. The second kappa shape index (κ2) is 5.03. The largest absolute Gasteiger partial charge is 0.419 e. The first kappa shape index (κ1) is 14.2. The van der Waals surface area contributed by atoms with Crippen LogP contribution in [0.15, 0.2) is 27.4 Å². The van der Waals surface area contributed by atoms with Gasteiger partial charge in [-0.3, -0.25) is 4.57 Å². The number of aryl methyl sites for hydroxylation is 1. The molecule has 0 aliphatic carbocycles. The number of nitrogens with zero attached hydrogens (tertiary/aromatic N) is 1. The molecule has 0 spiro atoms. The van der Waals surface area contributed by atoms with Gasteiger partial charge in [-0.1, -0.05) is 20.8 Å². The molecule has 2 rings (SSSR count). The Kier molecular flexibility index (Phi) is 3.57. The molecule has 6 heteroatoms. The molecule has 0 saturated carbocycles. The average molecular weight is 277 g/mol. The fourth-order valence-electron chi connectivity index (χ4n) is 1.73. The van der Waals surface area contributed by atoms with Gasteiger partial charge in [0.05, 0.1) is 5.52 Å². The Bertz CT molecular complexity index is 692. The monoisotopic (exact) mass is 277 g/mol. The summed E-state index contributed by atoms with van der Waals surface area (Å²) in [5, 5.41) is 5.53. The number of anilines is 1. The molecule has 2 aromatic rings. The average Bonchev–Trinajstić information content (AvgIpc) is 2.63. The fourth-order valence-corrected chi connectivity index (χ4v) is 1.73. The number of benzene rings is 1. The Labute approximate surface area is 116 Å². The number of oxazole rings is 1. The normalized spacial score (nSPS) is 11.6. The quantitative estimate of drug-likeness (QED) is 0.884. The number of nitrogens with one attached hydrogen (secondary N) is 2. The summed E-state index contributed by atoms with van der Waals surface area (Å²) in [6.07, 6.45) is 0. The first-order chi connectivity index (χ1) is 9.26. The van der Waals surface area contributed by atoms with E-state index >= 15 is 0 Å². The van der Waals surface area contributed by atoms with E-state index in [0.717, 1.165) is 0 Å². The van der Waals surface area contributed by atoms with Gasteiger partial charge in [0.1, 0.15) is 0 Å². The van der Waals surface area contributed by atoms with Crippen LogP contribution in [0.4, 0.5) is 10.5 Å². The van der Waals surface area contributed by atoms with E-state index in [9.17, 15) is 9.59 Å². The van der Waals surface area contributed by atoms with Crippen molar-refractivity contribution in [1.29, 1.82) is 0 Å². The summed E-state index contributed by atoms with van der Waals surface area (Å²) in [5.41, 5.74) is 1.78. The lowest BCUT2D eigenvalue weighted by molar-refractivity contribution is 0.247. The molecule has 2 amide bonds. The van der Waals surface area contributed by atoms with Crippen molar-refractivity contribution >= 4 is 22.8 Å². The van der Waals surface area contributed by atoms with E-state index in [-0.39, 0.29) is 11.4 Å². The second-order valence-electron chi connectivity index (χ2n) is 5.98. The summed E-state index contributed by atoms with van der Waals surface area (Å²) in [6.45, 7) is 6.70. The van der Waals surface area contributed by atoms with Gasteiger partial charge >= 0.3 is 11.8 Å². The Morgan fingerprint density at radius 2 is 2.05 bits per heavy atom. The van der Waals surface area contributed by atoms with Gasteiger partial charge in [-0.05, 0) is 23.6 Å². The topological polar surface area (TPSA) is 76.3 Å². The van der Waals surface area contributed by atoms with Crippen molar-refractivity contribution in [2.24, 2.45) is 12.5 Å². The van der Waals surface area contributed by atoms with E-state index in [4.69, 9.17) is 4.42 Å². The second-order valence-corrected chi connectivity index (χ2v) is 5.98. The molecule has 0 atom stereocenters. The van der Waals surface area contributed by atoms with Crippen molar-refractivity contribution in [3.8, 4) is 0 Å². The number of rotatable bonds is 2. The summed E-state index contributed by atoms with van der Waals surface area (Å²) >= 11 is 0. The number of carbonyl (C=O) groups excluding carboxylic acids is 1. The number of hydrogen-bond donors (Lipinski definition) is 2. The van der Waals surface area contributed by atoms with Gasteiger partial charge in [-0.15, -0.1) is 0 Å². The van der Waals surface area contributed by atoms with Crippen LogP contribution >= 0.6 is 0 Å². The molecule has 108 valence electrons. The molecule has 0 aliphatic rings. The summed E-state index contributed by atoms with van der Waals surface area (Å²) in [7, 11) is 1.62. The van der Waals surface area contributed by atoms with Crippen LogP contribution in [0.3, 0.4) is 0 Å². The lowest BCUT2D eigenvalue weighted by Crippen LogP contribution is -2.35. The molecule has 0 saturated heterocycles. The van der Waals surface area contributed by atoms with Gasteiger partial charge in [0, 0.05) is 19.3 Å². The van der Waals surface area contributed by atoms with Crippen molar-refractivity contribution in [3.63, 3.8) is 0 Å². The summed E-state index contributed by atoms with van der Waals surface area (Å²) < 4.78 is 6.43. The highest BCUT2D eigenvalue weighted by molar-refractivity contribution is 5.91. The van der Waals surface area contributed by atoms with Crippen LogP contribution in [-0.4, -0.2) is 17.1 Å². The van der Waals surface area contributed by atoms with E-state index in [2.05, 4.69) is 10.6 Å². The Balaban J connectivity index is 2.12. The molecule has 1 heterocycles. The number of hydrogen-bond acceptors (Lipinski definition) is 3. The van der Waals surface area contributed by atoms with Gasteiger partial charge in [0.15, 0.2) is 5.58 Å². The number of amides is 2. The predicted molar refractivity (Wildman–Crippen MR) is 77.9 cm³/mol. The van der Waals surface area contributed by atoms with Gasteiger partial charge in [0.25, 0.3) is 0 Å². The van der Waals surface area contributed by atoms with Crippen LogP contribution in [-0.2, 0) is 7.05 Å². The van der Waals surface area contributed by atoms with Crippen LogP contribution in [0.1, 0.15) is 20.8 Å². The molecule has 0 bridgehead atoms. The molecule has 0 aliphatic heterocycles. The van der Waals surface area contributed by atoms with Crippen molar-refractivity contribution in [2.75, 3.05) is 11.9 Å². The lowest BCUT2D eigenvalue weighted by Gasteiger charge is -2.18. The molecular formula is C14H19N3O3. The number of urea groups is 1. The molecule has 1 aromatic carbocycles. The van der Waals surface area contributed by atoms with E-state index in [1.165, 1.54) is 4.57 Å². The molecule has 2 N–H and O–H groups in total. The zero-order valence-corrected chi connectivity index (χ0v) is 12.1. The third kappa shape index (κ3) is 3.20. The van der Waals surface area contributed by atoms with Crippen molar-refractivity contribution in [1.82, 2.24) is 9.88 Å². The summed E-state index contributed by atoms with van der Waals surface area (Å²) in [6, 6.07) is 4.79. The first-order valence-electron chi connectivity index (χ1n) is 6.41. The summed E-state index contributed by atoms with van der Waals surface area (Å²) in [5.74, 6) is -0.422. The maximum atomic E-state index is 11.8. The number of carbonyl (C=O) groups is 1. The minimum Gasteiger partial charge on any atom is -0.408 e. The Hall–Kier alpha value is -2.24. The van der Waals surface area contributed by atoms with Crippen molar-refractivity contribution < 1.29 is 9.21 Å². The third-order valence-corrected chi connectivity index (χ3v) is 2.83. The summed E-state index contributed by atoms with van der Waals surface area (Å²) in [4.78, 5) is 23.2. The molecule has 0 fully saturated rings. The predicted octanol–water partition coefficient (Wildman–Crippen LogP) is 2.30. The molecule has 6 nitrogen and oxygen atoms in total. The van der Waals surface area contributed by atoms with Crippen LogP contribution in [0.2, 0.25) is 0 Å². The Morgan fingerprint density at radius 1 is 1.35 bits per heavy atom. The van der Waals surface area contributed by atoms with E-state index < -0.39 is 5.76 Å². The van der Waals surface area contributed by atoms with Gasteiger partial charge in [-0.2, -0.15) is 0 Å². The molecule has 20 heavy (non-hydrogen) atoms. The standard InChI is InChI=1S/C14H19N3O3/c1-14(2,3)8-15-12(18)16-9-5-6-11-10(7-9)17(4)13(19)20-11/h5-7H,8H2,1-4H3,(H2,15,16,18). The minimum atomic E-state index is -0.422. The number of fused-ring (bicyclic) bond motifs is 1. The van der Waals surface area contributed by atoms with Crippen LogP contribution in [0.5, 0.6) is 0 Å². The molecule has 0 radical (unpaired) electrons. The SMILES string of the molecule is Cn1c(=O)oc2ccc(NC(=O)NCC(C)(C)C)cc21. The molecular weight excluding hydrogens is 258 g/mol. The molecule has 0 unspecified atom stereocenters. The van der Waals surface area contributed by atoms with Crippen LogP contribution < -0.4 is 16.4 Å². The van der Waals surface area contributed by atoms with E-state index in [0.29, 0.717) is 23.3 Å². The highest BCUT2D eigenvalue weighted by Gasteiger charge is 2.12.